The summed E-state index contributed by atoms with van der Waals surface area (Å²) in [6.45, 7) is -0.106. The molecular formula is C14H11F5N2. The topological polar surface area (TPSA) is 29.3 Å². The molecular weight excluding hydrogens is 291 g/mol. The van der Waals surface area contributed by atoms with Crippen molar-refractivity contribution in [3.63, 3.8) is 0 Å². The molecule has 0 amide bonds. The SMILES string of the molecule is CN(Cc1ccccc1N)c1c(F)c(F)c(F)c(F)c1F. The van der Waals surface area contributed by atoms with Crippen LogP contribution in [0.5, 0.6) is 0 Å². The number of halogens is 5. The van der Waals surface area contributed by atoms with Gasteiger partial charge in [-0.2, -0.15) is 0 Å². The van der Waals surface area contributed by atoms with Crippen molar-refractivity contribution in [2.24, 2.45) is 0 Å². The molecule has 0 aliphatic carbocycles. The van der Waals surface area contributed by atoms with Gasteiger partial charge in [-0.05, 0) is 11.6 Å². The second kappa shape index (κ2) is 5.59. The van der Waals surface area contributed by atoms with E-state index in [2.05, 4.69) is 0 Å². The molecule has 2 aromatic rings. The summed E-state index contributed by atoms with van der Waals surface area (Å²) < 4.78 is 66.6. The molecule has 2 aromatic carbocycles. The third-order valence-electron chi connectivity index (χ3n) is 3.03. The van der Waals surface area contributed by atoms with Gasteiger partial charge in [0.2, 0.25) is 5.82 Å². The van der Waals surface area contributed by atoms with Gasteiger partial charge in [0.1, 0.15) is 5.69 Å². The average molecular weight is 302 g/mol. The van der Waals surface area contributed by atoms with E-state index >= 15 is 0 Å². The number of hydrogen-bond donors (Lipinski definition) is 1. The van der Waals surface area contributed by atoms with E-state index in [9.17, 15) is 22.0 Å². The van der Waals surface area contributed by atoms with E-state index in [1.165, 1.54) is 7.05 Å². The molecule has 0 aromatic heterocycles. The highest BCUT2D eigenvalue weighted by atomic mass is 19.2. The molecule has 2 nitrogen and oxygen atoms in total. The number of nitrogens with zero attached hydrogens (tertiary/aromatic N) is 1. The molecule has 0 aliphatic rings. The Kier molecular flexibility index (Phi) is 4.02. The Balaban J connectivity index is 2.45. The number of hydrogen-bond acceptors (Lipinski definition) is 2. The van der Waals surface area contributed by atoms with E-state index < -0.39 is 34.8 Å². The third kappa shape index (κ3) is 2.63. The van der Waals surface area contributed by atoms with Crippen LogP contribution in [0.2, 0.25) is 0 Å². The molecule has 0 fully saturated rings. The van der Waals surface area contributed by atoms with Gasteiger partial charge < -0.3 is 10.6 Å². The fraction of sp³-hybridized carbons (Fsp3) is 0.143. The number of rotatable bonds is 3. The lowest BCUT2D eigenvalue weighted by Gasteiger charge is -2.22. The van der Waals surface area contributed by atoms with Gasteiger partial charge in [0.25, 0.3) is 0 Å². The molecule has 2 rings (SSSR count). The van der Waals surface area contributed by atoms with E-state index in [4.69, 9.17) is 5.73 Å². The molecule has 0 aliphatic heterocycles. The van der Waals surface area contributed by atoms with Gasteiger partial charge in [0.15, 0.2) is 23.3 Å². The van der Waals surface area contributed by atoms with Crippen LogP contribution >= 0.6 is 0 Å². The molecule has 0 radical (unpaired) electrons. The van der Waals surface area contributed by atoms with Crippen LogP contribution in [-0.4, -0.2) is 7.05 Å². The van der Waals surface area contributed by atoms with Gasteiger partial charge in [-0.15, -0.1) is 0 Å². The Labute approximate surface area is 117 Å². The highest BCUT2D eigenvalue weighted by Gasteiger charge is 2.27. The maximum atomic E-state index is 13.7. The van der Waals surface area contributed by atoms with Crippen molar-refractivity contribution in [2.45, 2.75) is 6.54 Å². The lowest BCUT2D eigenvalue weighted by Crippen LogP contribution is -2.22. The highest BCUT2D eigenvalue weighted by Crippen LogP contribution is 2.30. The van der Waals surface area contributed by atoms with Crippen molar-refractivity contribution < 1.29 is 22.0 Å². The van der Waals surface area contributed by atoms with Crippen molar-refractivity contribution in [3.8, 4) is 0 Å². The molecule has 0 spiro atoms. The van der Waals surface area contributed by atoms with Gasteiger partial charge in [-0.1, -0.05) is 18.2 Å². The van der Waals surface area contributed by atoms with E-state index in [0.29, 0.717) is 11.3 Å². The van der Waals surface area contributed by atoms with Gasteiger partial charge in [-0.25, -0.2) is 22.0 Å². The fourth-order valence-electron chi connectivity index (χ4n) is 1.94. The van der Waals surface area contributed by atoms with Gasteiger partial charge in [0, 0.05) is 19.3 Å². The van der Waals surface area contributed by atoms with Gasteiger partial charge >= 0.3 is 0 Å². The number of anilines is 2. The standard InChI is InChI=1S/C14H11F5N2/c1-21(6-7-4-2-3-5-8(7)20)14-12(18)10(16)9(15)11(17)13(14)19/h2-5H,6,20H2,1H3. The summed E-state index contributed by atoms with van der Waals surface area (Å²) in [5.74, 6) is -9.87. The fourth-order valence-corrected chi connectivity index (χ4v) is 1.94. The Morgan fingerprint density at radius 3 is 1.86 bits per heavy atom. The Bertz CT molecular complexity index is 658. The first-order valence-electron chi connectivity index (χ1n) is 5.90. The molecule has 0 atom stereocenters. The van der Waals surface area contributed by atoms with Crippen LogP contribution in [0.4, 0.5) is 33.3 Å². The van der Waals surface area contributed by atoms with Crippen molar-refractivity contribution >= 4 is 11.4 Å². The van der Waals surface area contributed by atoms with E-state index in [0.717, 1.165) is 4.90 Å². The summed E-state index contributed by atoms with van der Waals surface area (Å²) in [5.41, 5.74) is 5.55. The summed E-state index contributed by atoms with van der Waals surface area (Å²) in [4.78, 5) is 0.919. The lowest BCUT2D eigenvalue weighted by atomic mass is 10.1. The van der Waals surface area contributed by atoms with Crippen molar-refractivity contribution in [1.29, 1.82) is 0 Å². The average Bonchev–Trinajstić information content (AvgIpc) is 2.46. The largest absolute Gasteiger partial charge is 0.398 e. The van der Waals surface area contributed by atoms with Crippen LogP contribution in [0.25, 0.3) is 0 Å². The second-order valence-corrected chi connectivity index (χ2v) is 4.47. The zero-order chi connectivity index (χ0) is 15.7. The summed E-state index contributed by atoms with van der Waals surface area (Å²) in [5, 5.41) is 0. The van der Waals surface area contributed by atoms with Crippen LogP contribution in [0.3, 0.4) is 0 Å². The molecule has 0 unspecified atom stereocenters. The van der Waals surface area contributed by atoms with E-state index in [-0.39, 0.29) is 6.54 Å². The van der Waals surface area contributed by atoms with Gasteiger partial charge in [0.05, 0.1) is 0 Å². The monoisotopic (exact) mass is 302 g/mol. The van der Waals surface area contributed by atoms with Crippen LogP contribution in [-0.2, 0) is 6.54 Å². The highest BCUT2D eigenvalue weighted by molar-refractivity contribution is 5.53. The minimum Gasteiger partial charge on any atom is -0.398 e. The molecule has 0 heterocycles. The number of para-hydroxylation sites is 1. The Morgan fingerprint density at radius 2 is 1.33 bits per heavy atom. The lowest BCUT2D eigenvalue weighted by molar-refractivity contribution is 0.379. The van der Waals surface area contributed by atoms with Crippen molar-refractivity contribution in [1.82, 2.24) is 0 Å². The third-order valence-corrected chi connectivity index (χ3v) is 3.03. The second-order valence-electron chi connectivity index (χ2n) is 4.47. The van der Waals surface area contributed by atoms with Crippen LogP contribution < -0.4 is 10.6 Å². The molecule has 112 valence electrons. The number of nitrogens with two attached hydrogens (primary N) is 1. The Morgan fingerprint density at radius 1 is 0.857 bits per heavy atom. The smallest absolute Gasteiger partial charge is 0.200 e. The van der Waals surface area contributed by atoms with Gasteiger partial charge in [-0.3, -0.25) is 0 Å². The maximum Gasteiger partial charge on any atom is 0.200 e. The first kappa shape index (κ1) is 15.1. The minimum absolute atomic E-state index is 0.106. The molecule has 2 N–H and O–H groups in total. The molecule has 0 saturated carbocycles. The normalized spacial score (nSPS) is 10.8. The first-order valence-corrected chi connectivity index (χ1v) is 5.90. The predicted octanol–water partition coefficient (Wildman–Crippen LogP) is 3.60. The summed E-state index contributed by atoms with van der Waals surface area (Å²) >= 11 is 0. The number of benzene rings is 2. The van der Waals surface area contributed by atoms with Crippen molar-refractivity contribution in [2.75, 3.05) is 17.7 Å². The quantitative estimate of drug-likeness (QED) is 0.406. The molecule has 0 saturated heterocycles. The van der Waals surface area contributed by atoms with Crippen molar-refractivity contribution in [3.05, 3.63) is 58.9 Å². The molecule has 7 heteroatoms. The van der Waals surface area contributed by atoms with Crippen LogP contribution in [0.15, 0.2) is 24.3 Å². The summed E-state index contributed by atoms with van der Waals surface area (Å²) in [7, 11) is 1.21. The number of nitrogen functional groups attached to an aromatic ring is 1. The maximum absolute atomic E-state index is 13.7. The zero-order valence-electron chi connectivity index (χ0n) is 10.9. The zero-order valence-corrected chi connectivity index (χ0v) is 10.9. The van der Waals surface area contributed by atoms with E-state index in [1.807, 2.05) is 0 Å². The first-order chi connectivity index (χ1) is 9.84. The summed E-state index contributed by atoms with van der Waals surface area (Å²) in [6.07, 6.45) is 0. The van der Waals surface area contributed by atoms with Crippen LogP contribution in [0, 0.1) is 29.1 Å². The molecule has 21 heavy (non-hydrogen) atoms. The predicted molar refractivity (Wildman–Crippen MR) is 69.2 cm³/mol. The van der Waals surface area contributed by atoms with Crippen LogP contribution in [0.1, 0.15) is 5.56 Å². The molecule has 0 bridgehead atoms. The summed E-state index contributed by atoms with van der Waals surface area (Å²) in [6, 6.07) is 6.48. The van der Waals surface area contributed by atoms with E-state index in [1.54, 1.807) is 24.3 Å². The minimum atomic E-state index is -2.18. The Hall–Kier alpha value is -2.31.